The molecule has 0 unspecified atom stereocenters. The van der Waals surface area contributed by atoms with E-state index >= 15 is 0 Å². The van der Waals surface area contributed by atoms with Crippen molar-refractivity contribution >= 4 is 23.5 Å². The number of hydrogen-bond donors (Lipinski definition) is 2. The first-order chi connectivity index (χ1) is 8.35. The second-order valence-electron chi connectivity index (χ2n) is 4.09. The number of carbonyl (C=O) groups is 2. The Morgan fingerprint density at radius 2 is 1.89 bits per heavy atom. The number of carboxylic acid groups (broad SMARTS) is 1. The van der Waals surface area contributed by atoms with Gasteiger partial charge in [0.2, 0.25) is 0 Å². The van der Waals surface area contributed by atoms with Crippen LogP contribution in [0.4, 0.5) is 8.78 Å². The van der Waals surface area contributed by atoms with Gasteiger partial charge in [-0.1, -0.05) is 11.6 Å². The number of halogens is 3. The molecular weight excluding hydrogens is 268 g/mol. The van der Waals surface area contributed by atoms with Crippen LogP contribution in [0.3, 0.4) is 0 Å². The molecule has 1 fully saturated rings. The van der Waals surface area contributed by atoms with Gasteiger partial charge in [0.25, 0.3) is 5.91 Å². The van der Waals surface area contributed by atoms with Gasteiger partial charge in [0.1, 0.15) is 17.2 Å². The summed E-state index contributed by atoms with van der Waals surface area (Å²) >= 11 is 5.35. The van der Waals surface area contributed by atoms with Crippen LogP contribution in [0.25, 0.3) is 0 Å². The molecule has 0 bridgehead atoms. The highest BCUT2D eigenvalue weighted by molar-refractivity contribution is 6.30. The summed E-state index contributed by atoms with van der Waals surface area (Å²) in [5.41, 5.74) is -1.91. The Hall–Kier alpha value is -1.69. The molecule has 0 atom stereocenters. The van der Waals surface area contributed by atoms with Crippen molar-refractivity contribution in [1.82, 2.24) is 5.32 Å². The Kier molecular flexibility index (Phi) is 2.98. The molecule has 4 nitrogen and oxygen atoms in total. The van der Waals surface area contributed by atoms with E-state index in [1.165, 1.54) is 0 Å². The molecule has 0 spiro atoms. The summed E-state index contributed by atoms with van der Waals surface area (Å²) in [5.74, 6) is -4.10. The number of aliphatic carboxylic acids is 1. The molecule has 0 aliphatic heterocycles. The van der Waals surface area contributed by atoms with Crippen molar-refractivity contribution in [3.8, 4) is 0 Å². The van der Waals surface area contributed by atoms with Crippen LogP contribution in [-0.4, -0.2) is 22.5 Å². The van der Waals surface area contributed by atoms with Crippen LogP contribution in [0.15, 0.2) is 12.1 Å². The van der Waals surface area contributed by atoms with Gasteiger partial charge in [-0.25, -0.2) is 13.6 Å². The van der Waals surface area contributed by atoms with Crippen molar-refractivity contribution < 1.29 is 23.5 Å². The zero-order valence-corrected chi connectivity index (χ0v) is 9.72. The van der Waals surface area contributed by atoms with Crippen molar-refractivity contribution in [3.63, 3.8) is 0 Å². The molecule has 2 N–H and O–H groups in total. The number of rotatable bonds is 3. The molecule has 96 valence electrons. The maximum atomic E-state index is 13.4. The van der Waals surface area contributed by atoms with Crippen LogP contribution in [0.1, 0.15) is 23.2 Å². The first-order valence-electron chi connectivity index (χ1n) is 5.06. The summed E-state index contributed by atoms with van der Waals surface area (Å²) in [6.45, 7) is 0. The summed E-state index contributed by atoms with van der Waals surface area (Å²) in [6, 6.07) is 1.32. The van der Waals surface area contributed by atoms with Crippen molar-refractivity contribution in [1.29, 1.82) is 0 Å². The predicted octanol–water partition coefficient (Wildman–Crippen LogP) is 1.97. The van der Waals surface area contributed by atoms with Crippen LogP contribution in [0, 0.1) is 11.6 Å². The zero-order valence-electron chi connectivity index (χ0n) is 8.97. The number of carbonyl (C=O) groups excluding carboxylic acids is 1. The second-order valence-corrected chi connectivity index (χ2v) is 4.49. The molecule has 1 aromatic rings. The molecule has 2 rings (SSSR count). The van der Waals surface area contributed by atoms with Crippen molar-refractivity contribution in [2.24, 2.45) is 0 Å². The topological polar surface area (TPSA) is 66.4 Å². The number of carboxylic acids is 1. The van der Waals surface area contributed by atoms with Gasteiger partial charge in [-0.15, -0.1) is 0 Å². The Labute approximate surface area is 106 Å². The SMILES string of the molecule is O=C(NC1(C(=O)O)CC1)c1cc(F)c(Cl)cc1F. The minimum absolute atomic E-state index is 0.270. The fourth-order valence-corrected chi connectivity index (χ4v) is 1.65. The van der Waals surface area contributed by atoms with E-state index in [2.05, 4.69) is 5.32 Å². The lowest BCUT2D eigenvalue weighted by Gasteiger charge is -2.13. The number of nitrogens with one attached hydrogen (secondary N) is 1. The summed E-state index contributed by atoms with van der Waals surface area (Å²) < 4.78 is 26.5. The first-order valence-corrected chi connectivity index (χ1v) is 5.44. The van der Waals surface area contributed by atoms with Gasteiger partial charge in [-0.2, -0.15) is 0 Å². The normalized spacial score (nSPS) is 16.2. The fraction of sp³-hybridized carbons (Fsp3) is 0.273. The van der Waals surface area contributed by atoms with E-state index < -0.39 is 39.6 Å². The molecule has 1 aliphatic carbocycles. The molecule has 1 amide bonds. The van der Waals surface area contributed by atoms with E-state index in [4.69, 9.17) is 16.7 Å². The van der Waals surface area contributed by atoms with Crippen LogP contribution in [0.5, 0.6) is 0 Å². The second kappa shape index (κ2) is 4.20. The average Bonchev–Trinajstić information content (AvgIpc) is 3.04. The summed E-state index contributed by atoms with van der Waals surface area (Å²) in [5, 5.41) is 10.6. The Morgan fingerprint density at radius 1 is 1.28 bits per heavy atom. The third-order valence-electron chi connectivity index (χ3n) is 2.77. The molecule has 1 aromatic carbocycles. The van der Waals surface area contributed by atoms with Crippen molar-refractivity contribution in [2.75, 3.05) is 0 Å². The first kappa shape index (κ1) is 12.8. The molecule has 7 heteroatoms. The van der Waals surface area contributed by atoms with Gasteiger partial charge >= 0.3 is 5.97 Å². The number of hydrogen-bond acceptors (Lipinski definition) is 2. The lowest BCUT2D eigenvalue weighted by Crippen LogP contribution is -2.43. The van der Waals surface area contributed by atoms with Crippen LogP contribution in [0.2, 0.25) is 5.02 Å². The van der Waals surface area contributed by atoms with Crippen molar-refractivity contribution in [2.45, 2.75) is 18.4 Å². The highest BCUT2D eigenvalue weighted by atomic mass is 35.5. The lowest BCUT2D eigenvalue weighted by atomic mass is 10.1. The Balaban J connectivity index is 2.25. The van der Waals surface area contributed by atoms with Crippen LogP contribution < -0.4 is 5.32 Å². The van der Waals surface area contributed by atoms with Crippen LogP contribution in [-0.2, 0) is 4.79 Å². The third-order valence-corrected chi connectivity index (χ3v) is 3.06. The minimum atomic E-state index is -1.35. The lowest BCUT2D eigenvalue weighted by molar-refractivity contribution is -0.140. The monoisotopic (exact) mass is 275 g/mol. The van der Waals surface area contributed by atoms with Gasteiger partial charge in [-0.3, -0.25) is 4.79 Å². The van der Waals surface area contributed by atoms with Gasteiger partial charge in [-0.05, 0) is 25.0 Å². The quantitative estimate of drug-likeness (QED) is 0.829. The molecule has 1 saturated carbocycles. The summed E-state index contributed by atoms with van der Waals surface area (Å²) in [4.78, 5) is 22.5. The smallest absolute Gasteiger partial charge is 0.329 e. The van der Waals surface area contributed by atoms with Crippen molar-refractivity contribution in [3.05, 3.63) is 34.4 Å². The minimum Gasteiger partial charge on any atom is -0.480 e. The summed E-state index contributed by atoms with van der Waals surface area (Å²) in [6.07, 6.45) is 0.539. The Bertz CT molecular complexity index is 543. The predicted molar refractivity (Wildman–Crippen MR) is 58.4 cm³/mol. The maximum absolute atomic E-state index is 13.4. The molecular formula is C11H8ClF2NO3. The largest absolute Gasteiger partial charge is 0.480 e. The molecule has 18 heavy (non-hydrogen) atoms. The van der Waals surface area contributed by atoms with E-state index in [9.17, 15) is 18.4 Å². The standard InChI is InChI=1S/C11H8ClF2NO3/c12-6-4-7(13)5(3-8(6)14)9(16)15-11(1-2-11)10(17)18/h3-4H,1-2H2,(H,15,16)(H,17,18). The number of amides is 1. The van der Waals surface area contributed by atoms with Gasteiger partial charge in [0.05, 0.1) is 10.6 Å². The average molecular weight is 276 g/mol. The van der Waals surface area contributed by atoms with Crippen LogP contribution >= 0.6 is 11.6 Å². The van der Waals surface area contributed by atoms with E-state index in [1.54, 1.807) is 0 Å². The molecule has 0 heterocycles. The fourth-order valence-electron chi connectivity index (χ4n) is 1.50. The van der Waals surface area contributed by atoms with E-state index in [0.29, 0.717) is 12.1 Å². The van der Waals surface area contributed by atoms with E-state index in [1.807, 2.05) is 0 Å². The van der Waals surface area contributed by atoms with Gasteiger partial charge < -0.3 is 10.4 Å². The molecule has 0 aromatic heterocycles. The third kappa shape index (κ3) is 2.15. The highest BCUT2D eigenvalue weighted by Gasteiger charge is 2.51. The van der Waals surface area contributed by atoms with Gasteiger partial charge in [0, 0.05) is 0 Å². The van der Waals surface area contributed by atoms with Gasteiger partial charge in [0.15, 0.2) is 0 Å². The molecule has 0 saturated heterocycles. The highest BCUT2D eigenvalue weighted by Crippen LogP contribution is 2.36. The zero-order chi connectivity index (χ0) is 13.5. The molecule has 1 aliphatic rings. The number of benzene rings is 1. The maximum Gasteiger partial charge on any atom is 0.329 e. The van der Waals surface area contributed by atoms with E-state index in [0.717, 1.165) is 0 Å². The molecule has 0 radical (unpaired) electrons. The Morgan fingerprint density at radius 3 is 2.39 bits per heavy atom. The van der Waals surface area contributed by atoms with E-state index in [-0.39, 0.29) is 12.8 Å². The summed E-state index contributed by atoms with van der Waals surface area (Å²) in [7, 11) is 0.